The Morgan fingerprint density at radius 2 is 2.05 bits per heavy atom. The number of fused-ring (bicyclic) bond motifs is 1. The number of morpholine rings is 1. The normalized spacial score (nSPS) is 43.2. The van der Waals surface area contributed by atoms with E-state index in [1.54, 1.807) is 0 Å². The van der Waals surface area contributed by atoms with Gasteiger partial charge in [0.1, 0.15) is 0 Å². The van der Waals surface area contributed by atoms with E-state index in [-0.39, 0.29) is 5.41 Å². The molecule has 1 N–H and O–H groups in total. The van der Waals surface area contributed by atoms with E-state index < -0.39 is 0 Å². The summed E-state index contributed by atoms with van der Waals surface area (Å²) in [7, 11) is 0. The van der Waals surface area contributed by atoms with Gasteiger partial charge in [-0.2, -0.15) is 0 Å². The molecule has 3 aliphatic rings. The second kappa shape index (κ2) is 6.33. The fourth-order valence-corrected chi connectivity index (χ4v) is 4.91. The van der Waals surface area contributed by atoms with Crippen molar-refractivity contribution in [2.24, 2.45) is 11.3 Å². The second-order valence-corrected chi connectivity index (χ2v) is 7.59. The van der Waals surface area contributed by atoms with Crippen LogP contribution < -0.4 is 0 Å². The van der Waals surface area contributed by atoms with Crippen molar-refractivity contribution in [2.75, 3.05) is 26.3 Å². The van der Waals surface area contributed by atoms with E-state index in [9.17, 15) is 5.11 Å². The Morgan fingerprint density at radius 3 is 2.85 bits per heavy atom. The van der Waals surface area contributed by atoms with Crippen LogP contribution in [0, 0.1) is 11.3 Å². The summed E-state index contributed by atoms with van der Waals surface area (Å²) in [6.45, 7) is 5.77. The Morgan fingerprint density at radius 1 is 1.20 bits per heavy atom. The molecule has 0 bridgehead atoms. The highest BCUT2D eigenvalue weighted by molar-refractivity contribution is 4.93. The minimum atomic E-state index is 0.164. The van der Waals surface area contributed by atoms with Gasteiger partial charge in [0, 0.05) is 31.2 Å². The third kappa shape index (κ3) is 3.05. The minimum Gasteiger partial charge on any atom is -0.396 e. The quantitative estimate of drug-likeness (QED) is 0.863. The van der Waals surface area contributed by atoms with E-state index in [0.717, 1.165) is 25.6 Å². The lowest BCUT2D eigenvalue weighted by atomic mass is 9.70. The SMILES string of the molecule is CC1CCCC(CO)(CN2CCOC3CCCCC32)C1. The van der Waals surface area contributed by atoms with Crippen molar-refractivity contribution in [1.82, 2.24) is 4.90 Å². The van der Waals surface area contributed by atoms with Gasteiger partial charge in [-0.15, -0.1) is 0 Å². The largest absolute Gasteiger partial charge is 0.396 e. The molecule has 20 heavy (non-hydrogen) atoms. The highest BCUT2D eigenvalue weighted by Gasteiger charge is 2.41. The van der Waals surface area contributed by atoms with Gasteiger partial charge in [0.15, 0.2) is 0 Å². The van der Waals surface area contributed by atoms with Gasteiger partial charge in [0.05, 0.1) is 12.7 Å². The predicted octanol–water partition coefficient (Wildman–Crippen LogP) is 2.82. The van der Waals surface area contributed by atoms with Gasteiger partial charge < -0.3 is 9.84 Å². The highest BCUT2D eigenvalue weighted by atomic mass is 16.5. The molecule has 0 aromatic carbocycles. The van der Waals surface area contributed by atoms with Gasteiger partial charge in [-0.3, -0.25) is 4.90 Å². The lowest BCUT2D eigenvalue weighted by Crippen LogP contribution is -2.56. The van der Waals surface area contributed by atoms with Crippen LogP contribution in [-0.2, 0) is 4.74 Å². The monoisotopic (exact) mass is 281 g/mol. The van der Waals surface area contributed by atoms with E-state index >= 15 is 0 Å². The van der Waals surface area contributed by atoms with Crippen molar-refractivity contribution in [1.29, 1.82) is 0 Å². The summed E-state index contributed by atoms with van der Waals surface area (Å²) in [5, 5.41) is 10.0. The van der Waals surface area contributed by atoms with Crippen LogP contribution in [0.2, 0.25) is 0 Å². The standard InChI is InChI=1S/C17H31NO2/c1-14-5-4-8-17(11-14,13-19)12-18-9-10-20-16-7-3-2-6-15(16)18/h14-16,19H,2-13H2,1H3. The van der Waals surface area contributed by atoms with Crippen molar-refractivity contribution in [3.05, 3.63) is 0 Å². The van der Waals surface area contributed by atoms with Crippen LogP contribution in [0.4, 0.5) is 0 Å². The van der Waals surface area contributed by atoms with E-state index in [1.807, 2.05) is 0 Å². The topological polar surface area (TPSA) is 32.7 Å². The average Bonchev–Trinajstić information content (AvgIpc) is 2.48. The molecule has 0 amide bonds. The van der Waals surface area contributed by atoms with E-state index in [2.05, 4.69) is 11.8 Å². The number of aliphatic hydroxyl groups is 1. The molecule has 116 valence electrons. The number of nitrogens with zero attached hydrogens (tertiary/aromatic N) is 1. The van der Waals surface area contributed by atoms with Crippen LogP contribution in [0.3, 0.4) is 0 Å². The summed E-state index contributed by atoms with van der Waals surface area (Å²) >= 11 is 0. The third-order valence-electron chi connectivity index (χ3n) is 5.91. The molecule has 2 saturated carbocycles. The molecule has 3 nitrogen and oxygen atoms in total. The molecule has 3 rings (SSSR count). The average molecular weight is 281 g/mol. The fraction of sp³-hybridized carbons (Fsp3) is 1.00. The molecule has 0 radical (unpaired) electrons. The van der Waals surface area contributed by atoms with Crippen LogP contribution >= 0.6 is 0 Å². The zero-order valence-corrected chi connectivity index (χ0v) is 13.0. The molecule has 3 fully saturated rings. The molecule has 4 atom stereocenters. The third-order valence-corrected chi connectivity index (χ3v) is 5.91. The van der Waals surface area contributed by atoms with Crippen LogP contribution in [0.15, 0.2) is 0 Å². The van der Waals surface area contributed by atoms with Gasteiger partial charge >= 0.3 is 0 Å². The lowest BCUT2D eigenvalue weighted by Gasteiger charge is -2.49. The van der Waals surface area contributed by atoms with Crippen molar-refractivity contribution in [3.8, 4) is 0 Å². The van der Waals surface area contributed by atoms with Gasteiger partial charge in [0.25, 0.3) is 0 Å². The second-order valence-electron chi connectivity index (χ2n) is 7.59. The number of hydrogen-bond acceptors (Lipinski definition) is 3. The zero-order valence-electron chi connectivity index (χ0n) is 13.0. The maximum Gasteiger partial charge on any atom is 0.0730 e. The molecule has 1 heterocycles. The number of hydrogen-bond donors (Lipinski definition) is 1. The summed E-state index contributed by atoms with van der Waals surface area (Å²) in [6, 6.07) is 0.623. The molecule has 0 aromatic rings. The zero-order chi connectivity index (χ0) is 14.0. The lowest BCUT2D eigenvalue weighted by molar-refractivity contribution is -0.108. The maximum absolute atomic E-state index is 10.0. The Kier molecular flexibility index (Phi) is 4.68. The van der Waals surface area contributed by atoms with Gasteiger partial charge in [-0.25, -0.2) is 0 Å². The fourth-order valence-electron chi connectivity index (χ4n) is 4.91. The summed E-state index contributed by atoms with van der Waals surface area (Å²) in [5.41, 5.74) is 0.164. The van der Waals surface area contributed by atoms with Crippen LogP contribution in [0.1, 0.15) is 58.3 Å². The number of ether oxygens (including phenoxy) is 1. The van der Waals surface area contributed by atoms with Crippen molar-refractivity contribution in [3.63, 3.8) is 0 Å². The Hall–Kier alpha value is -0.120. The molecule has 2 aliphatic carbocycles. The Labute approximate surface area is 123 Å². The first-order valence-corrected chi connectivity index (χ1v) is 8.69. The van der Waals surface area contributed by atoms with E-state index in [4.69, 9.17) is 4.74 Å². The smallest absolute Gasteiger partial charge is 0.0730 e. The number of aliphatic hydroxyl groups excluding tert-OH is 1. The molecule has 4 unspecified atom stereocenters. The molecule has 1 aliphatic heterocycles. The van der Waals surface area contributed by atoms with Gasteiger partial charge in [-0.05, 0) is 31.6 Å². The van der Waals surface area contributed by atoms with Crippen molar-refractivity contribution < 1.29 is 9.84 Å². The Bertz CT molecular complexity index is 320. The van der Waals surface area contributed by atoms with E-state index in [0.29, 0.717) is 18.8 Å². The predicted molar refractivity (Wildman–Crippen MR) is 80.7 cm³/mol. The van der Waals surface area contributed by atoms with Crippen LogP contribution in [0.5, 0.6) is 0 Å². The first-order valence-electron chi connectivity index (χ1n) is 8.69. The first-order chi connectivity index (χ1) is 9.72. The molecular weight excluding hydrogens is 250 g/mol. The summed E-state index contributed by atoms with van der Waals surface area (Å²) in [4.78, 5) is 2.67. The summed E-state index contributed by atoms with van der Waals surface area (Å²) < 4.78 is 5.98. The summed E-state index contributed by atoms with van der Waals surface area (Å²) in [5.74, 6) is 0.777. The summed E-state index contributed by atoms with van der Waals surface area (Å²) in [6.07, 6.45) is 10.7. The van der Waals surface area contributed by atoms with Gasteiger partial charge in [-0.1, -0.05) is 32.6 Å². The van der Waals surface area contributed by atoms with Crippen molar-refractivity contribution >= 4 is 0 Å². The minimum absolute atomic E-state index is 0.164. The molecule has 1 saturated heterocycles. The molecule has 3 heteroatoms. The maximum atomic E-state index is 10.0. The molecule has 0 spiro atoms. The van der Waals surface area contributed by atoms with E-state index in [1.165, 1.54) is 51.4 Å². The molecular formula is C17H31NO2. The Balaban J connectivity index is 1.67. The van der Waals surface area contributed by atoms with Crippen LogP contribution in [0.25, 0.3) is 0 Å². The first kappa shape index (κ1) is 14.8. The van der Waals surface area contributed by atoms with Crippen LogP contribution in [-0.4, -0.2) is 48.5 Å². The number of rotatable bonds is 3. The molecule has 0 aromatic heterocycles. The van der Waals surface area contributed by atoms with Gasteiger partial charge in [0.2, 0.25) is 0 Å². The van der Waals surface area contributed by atoms with Crippen molar-refractivity contribution in [2.45, 2.75) is 70.4 Å². The highest BCUT2D eigenvalue weighted by Crippen LogP contribution is 2.41.